The minimum Gasteiger partial charge on any atom is -0.323 e. The van der Waals surface area contributed by atoms with Gasteiger partial charge in [-0.15, -0.1) is 0 Å². The summed E-state index contributed by atoms with van der Waals surface area (Å²) in [6.07, 6.45) is -2.00. The summed E-state index contributed by atoms with van der Waals surface area (Å²) in [7, 11) is 0. The molecule has 24 heavy (non-hydrogen) atoms. The van der Waals surface area contributed by atoms with Crippen LogP contribution in [0.4, 0.5) is 23.7 Å². The second-order valence-electron chi connectivity index (χ2n) is 6.32. The zero-order chi connectivity index (χ0) is 17.1. The van der Waals surface area contributed by atoms with Crippen molar-refractivity contribution in [3.8, 4) is 0 Å². The van der Waals surface area contributed by atoms with Crippen LogP contribution in [0.5, 0.6) is 0 Å². The number of alkyl halides is 3. The van der Waals surface area contributed by atoms with Crippen molar-refractivity contribution < 1.29 is 22.8 Å². The first-order valence-electron chi connectivity index (χ1n) is 7.76. The molecule has 1 fully saturated rings. The van der Waals surface area contributed by atoms with Crippen LogP contribution in [0.15, 0.2) is 23.2 Å². The Bertz CT molecular complexity index is 787. The van der Waals surface area contributed by atoms with Gasteiger partial charge in [-0.25, -0.2) is 9.79 Å². The second kappa shape index (κ2) is 4.81. The van der Waals surface area contributed by atoms with Gasteiger partial charge in [0, 0.05) is 22.9 Å². The lowest BCUT2D eigenvalue weighted by Gasteiger charge is -2.42. The van der Waals surface area contributed by atoms with E-state index in [1.54, 1.807) is 0 Å². The molecule has 4 rings (SSSR count). The van der Waals surface area contributed by atoms with Crippen molar-refractivity contribution in [1.29, 1.82) is 0 Å². The number of benzene rings is 1. The summed E-state index contributed by atoms with van der Waals surface area (Å²) in [5.74, 6) is -1.17. The number of hydrogen-bond acceptors (Lipinski definition) is 2. The Morgan fingerprint density at radius 1 is 1.21 bits per heavy atom. The Kier molecular flexibility index (Phi) is 3.04. The monoisotopic (exact) mass is 337 g/mol. The van der Waals surface area contributed by atoms with E-state index in [0.717, 1.165) is 18.9 Å². The number of hydrogen-bond donors (Lipinski definition) is 2. The molecule has 2 N–H and O–H groups in total. The fraction of sp³-hybridized carbons (Fsp3) is 0.438. The number of halogens is 3. The average molecular weight is 337 g/mol. The SMILES string of the molecule is O=C1N=C2CCCCC2C2(N1)C(=O)Nc1cccc(C(F)(F)F)c12. The molecule has 2 aliphatic heterocycles. The number of rotatable bonds is 0. The molecule has 0 saturated heterocycles. The van der Waals surface area contributed by atoms with Crippen molar-refractivity contribution in [3.63, 3.8) is 0 Å². The first-order chi connectivity index (χ1) is 11.3. The molecule has 1 saturated carbocycles. The molecule has 1 spiro atoms. The van der Waals surface area contributed by atoms with Gasteiger partial charge in [-0.2, -0.15) is 13.2 Å². The number of nitrogens with one attached hydrogen (secondary N) is 2. The lowest BCUT2D eigenvalue weighted by Crippen LogP contribution is -2.61. The van der Waals surface area contributed by atoms with E-state index >= 15 is 0 Å². The summed E-state index contributed by atoms with van der Waals surface area (Å²) < 4.78 is 40.6. The van der Waals surface area contributed by atoms with E-state index in [2.05, 4.69) is 15.6 Å². The van der Waals surface area contributed by atoms with Crippen LogP contribution in [0.25, 0.3) is 0 Å². The van der Waals surface area contributed by atoms with Crippen LogP contribution in [0.3, 0.4) is 0 Å². The van der Waals surface area contributed by atoms with Gasteiger partial charge in [0.15, 0.2) is 5.54 Å². The minimum atomic E-state index is -4.63. The van der Waals surface area contributed by atoms with E-state index in [0.29, 0.717) is 18.6 Å². The van der Waals surface area contributed by atoms with Crippen molar-refractivity contribution in [2.45, 2.75) is 37.4 Å². The number of carbonyl (C=O) groups excluding carboxylic acids is 2. The maximum atomic E-state index is 13.5. The number of urea groups is 1. The summed E-state index contributed by atoms with van der Waals surface area (Å²) in [5.41, 5.74) is -2.19. The zero-order valence-corrected chi connectivity index (χ0v) is 12.5. The Hall–Kier alpha value is -2.38. The molecular weight excluding hydrogens is 323 g/mol. The van der Waals surface area contributed by atoms with Gasteiger partial charge in [-0.1, -0.05) is 12.5 Å². The maximum Gasteiger partial charge on any atom is 0.416 e. The number of fused-ring (bicyclic) bond motifs is 4. The van der Waals surface area contributed by atoms with Crippen molar-refractivity contribution >= 4 is 23.3 Å². The van der Waals surface area contributed by atoms with E-state index in [-0.39, 0.29) is 11.3 Å². The maximum absolute atomic E-state index is 13.5. The topological polar surface area (TPSA) is 70.6 Å². The van der Waals surface area contributed by atoms with Crippen LogP contribution in [-0.2, 0) is 16.5 Å². The highest BCUT2D eigenvalue weighted by Gasteiger charge is 2.60. The van der Waals surface area contributed by atoms with E-state index in [4.69, 9.17) is 0 Å². The molecule has 1 aromatic carbocycles. The highest BCUT2D eigenvalue weighted by atomic mass is 19.4. The van der Waals surface area contributed by atoms with Crippen LogP contribution in [0.2, 0.25) is 0 Å². The van der Waals surface area contributed by atoms with E-state index < -0.39 is 35.1 Å². The Balaban J connectivity index is 1.99. The summed E-state index contributed by atoms with van der Waals surface area (Å²) in [6.45, 7) is 0. The van der Waals surface area contributed by atoms with Gasteiger partial charge in [-0.3, -0.25) is 4.79 Å². The van der Waals surface area contributed by atoms with Crippen LogP contribution in [-0.4, -0.2) is 17.6 Å². The third-order valence-corrected chi connectivity index (χ3v) is 5.02. The molecule has 5 nitrogen and oxygen atoms in total. The Morgan fingerprint density at radius 2 is 2.00 bits per heavy atom. The Labute approximate surface area is 135 Å². The smallest absolute Gasteiger partial charge is 0.323 e. The molecule has 1 aromatic rings. The standard InChI is InChI=1S/C16H14F3N3O2/c17-16(18,19)9-5-3-7-11-12(9)15(13(23)20-11)8-4-1-2-6-10(8)21-14(24)22-15/h3,5,7-8H,1-2,4,6H2,(H,20,23)(H,22,24). The highest BCUT2D eigenvalue weighted by Crippen LogP contribution is 2.51. The molecule has 0 radical (unpaired) electrons. The van der Waals surface area contributed by atoms with E-state index in [9.17, 15) is 22.8 Å². The number of amides is 3. The minimum absolute atomic E-state index is 0.0990. The second-order valence-corrected chi connectivity index (χ2v) is 6.32. The Morgan fingerprint density at radius 3 is 2.75 bits per heavy atom. The molecule has 1 aliphatic carbocycles. The first kappa shape index (κ1) is 15.2. The summed E-state index contributed by atoms with van der Waals surface area (Å²) in [5, 5.41) is 4.99. The third-order valence-electron chi connectivity index (χ3n) is 5.02. The molecule has 3 amide bonds. The van der Waals surface area contributed by atoms with Gasteiger partial charge in [-0.05, 0) is 31.4 Å². The fourth-order valence-corrected chi connectivity index (χ4v) is 4.11. The van der Waals surface area contributed by atoms with Gasteiger partial charge >= 0.3 is 12.2 Å². The van der Waals surface area contributed by atoms with Crippen molar-refractivity contribution in [2.24, 2.45) is 10.9 Å². The van der Waals surface area contributed by atoms with Gasteiger partial charge in [0.2, 0.25) is 0 Å². The normalized spacial score (nSPS) is 28.8. The molecule has 3 aliphatic rings. The van der Waals surface area contributed by atoms with Crippen LogP contribution in [0, 0.1) is 5.92 Å². The summed E-state index contributed by atoms with van der Waals surface area (Å²) in [4.78, 5) is 28.7. The van der Waals surface area contributed by atoms with Crippen molar-refractivity contribution in [3.05, 3.63) is 29.3 Å². The lowest BCUT2D eigenvalue weighted by atomic mass is 9.68. The molecular formula is C16H14F3N3O2. The van der Waals surface area contributed by atoms with Crippen LogP contribution in [0.1, 0.15) is 36.8 Å². The van der Waals surface area contributed by atoms with Gasteiger partial charge < -0.3 is 10.6 Å². The quantitative estimate of drug-likeness (QED) is 0.763. The average Bonchev–Trinajstić information content (AvgIpc) is 2.79. The lowest BCUT2D eigenvalue weighted by molar-refractivity contribution is -0.139. The number of carbonyl (C=O) groups is 2. The van der Waals surface area contributed by atoms with E-state index in [1.807, 2.05) is 0 Å². The predicted octanol–water partition coefficient (Wildman–Crippen LogP) is 3.21. The van der Waals surface area contributed by atoms with E-state index in [1.165, 1.54) is 12.1 Å². The molecule has 0 bridgehead atoms. The van der Waals surface area contributed by atoms with Crippen LogP contribution < -0.4 is 10.6 Å². The van der Waals surface area contributed by atoms with Gasteiger partial charge in [0.1, 0.15) is 0 Å². The van der Waals surface area contributed by atoms with Gasteiger partial charge in [0.05, 0.1) is 5.56 Å². The predicted molar refractivity (Wildman–Crippen MR) is 79.7 cm³/mol. The summed E-state index contributed by atoms with van der Waals surface area (Å²) >= 11 is 0. The first-order valence-corrected chi connectivity index (χ1v) is 7.76. The fourth-order valence-electron chi connectivity index (χ4n) is 4.11. The number of nitrogens with zero attached hydrogens (tertiary/aromatic N) is 1. The molecule has 2 unspecified atom stereocenters. The number of aliphatic imine (C=N–C) groups is 1. The third kappa shape index (κ3) is 1.91. The number of anilines is 1. The molecule has 8 heteroatoms. The molecule has 2 atom stereocenters. The molecule has 126 valence electrons. The molecule has 2 heterocycles. The largest absolute Gasteiger partial charge is 0.416 e. The van der Waals surface area contributed by atoms with Crippen molar-refractivity contribution in [2.75, 3.05) is 5.32 Å². The molecule has 0 aromatic heterocycles. The summed E-state index contributed by atoms with van der Waals surface area (Å²) in [6, 6.07) is 2.86. The zero-order valence-electron chi connectivity index (χ0n) is 12.5. The van der Waals surface area contributed by atoms with Crippen molar-refractivity contribution in [1.82, 2.24) is 5.32 Å². The highest BCUT2D eigenvalue weighted by molar-refractivity contribution is 6.14. The van der Waals surface area contributed by atoms with Gasteiger partial charge in [0.25, 0.3) is 5.91 Å². The van der Waals surface area contributed by atoms with Crippen LogP contribution >= 0.6 is 0 Å².